The van der Waals surface area contributed by atoms with E-state index in [2.05, 4.69) is 25.8 Å². The van der Waals surface area contributed by atoms with E-state index in [1.807, 2.05) is 0 Å². The molecule has 2 amide bonds. The van der Waals surface area contributed by atoms with Gasteiger partial charge in [0.15, 0.2) is 0 Å². The zero-order chi connectivity index (χ0) is 9.97. The van der Waals surface area contributed by atoms with E-state index in [0.29, 0.717) is 17.8 Å². The van der Waals surface area contributed by atoms with Crippen molar-refractivity contribution >= 4 is 12.0 Å². The number of anilines is 1. The van der Waals surface area contributed by atoms with Gasteiger partial charge >= 0.3 is 6.03 Å². The van der Waals surface area contributed by atoms with Crippen molar-refractivity contribution in [2.45, 2.75) is 32.2 Å². The lowest BCUT2D eigenvalue weighted by molar-refractivity contribution is 0.240. The summed E-state index contributed by atoms with van der Waals surface area (Å²) in [5, 5.41) is 11.8. The largest absolute Gasteiger partial charge is 0.335 e. The molecule has 76 valence electrons. The number of aromatic amines is 1. The fraction of sp³-hybridized carbons (Fsp3) is 0.625. The van der Waals surface area contributed by atoms with Crippen LogP contribution in [-0.4, -0.2) is 27.3 Å². The van der Waals surface area contributed by atoms with Crippen molar-refractivity contribution in [1.29, 1.82) is 0 Å². The van der Waals surface area contributed by atoms with Crippen LogP contribution >= 0.6 is 0 Å². The van der Waals surface area contributed by atoms with Crippen LogP contribution in [0.2, 0.25) is 0 Å². The number of urea groups is 1. The van der Waals surface area contributed by atoms with Crippen LogP contribution in [0, 0.1) is 6.92 Å². The number of carbonyl (C=O) groups is 1. The van der Waals surface area contributed by atoms with Crippen LogP contribution < -0.4 is 10.6 Å². The Morgan fingerprint density at radius 2 is 2.36 bits per heavy atom. The molecule has 6 nitrogen and oxygen atoms in total. The van der Waals surface area contributed by atoms with Crippen molar-refractivity contribution in [1.82, 2.24) is 20.5 Å². The van der Waals surface area contributed by atoms with Crippen LogP contribution in [0.3, 0.4) is 0 Å². The van der Waals surface area contributed by atoms with Gasteiger partial charge < -0.3 is 5.32 Å². The van der Waals surface area contributed by atoms with Gasteiger partial charge in [0.25, 0.3) is 0 Å². The highest BCUT2D eigenvalue weighted by Crippen LogP contribution is 2.17. The second-order valence-corrected chi connectivity index (χ2v) is 3.47. The zero-order valence-electron chi connectivity index (χ0n) is 8.00. The first-order valence-corrected chi connectivity index (χ1v) is 4.70. The van der Waals surface area contributed by atoms with Crippen LogP contribution in [0.4, 0.5) is 10.7 Å². The average molecular weight is 195 g/mol. The van der Waals surface area contributed by atoms with Gasteiger partial charge in [0.1, 0.15) is 5.82 Å². The molecule has 0 aliphatic heterocycles. The molecule has 3 N–H and O–H groups in total. The Bertz CT molecular complexity index is 330. The van der Waals surface area contributed by atoms with Crippen molar-refractivity contribution in [3.63, 3.8) is 0 Å². The van der Waals surface area contributed by atoms with Gasteiger partial charge in [0, 0.05) is 6.04 Å². The first kappa shape index (κ1) is 8.98. The highest BCUT2D eigenvalue weighted by Gasteiger charge is 2.19. The molecule has 1 aromatic heterocycles. The SMILES string of the molecule is Cc1nc(NC(=O)NC2CCC2)n[nH]1. The van der Waals surface area contributed by atoms with Gasteiger partial charge in [0.2, 0.25) is 5.95 Å². The predicted octanol–water partition coefficient (Wildman–Crippen LogP) is 0.787. The molecule has 6 heteroatoms. The summed E-state index contributed by atoms with van der Waals surface area (Å²) in [4.78, 5) is 15.3. The summed E-state index contributed by atoms with van der Waals surface area (Å²) in [7, 11) is 0. The number of carbonyl (C=O) groups excluding carboxylic acids is 1. The number of H-pyrrole nitrogens is 1. The maximum Gasteiger partial charge on any atom is 0.321 e. The molecular formula is C8H13N5O. The molecule has 1 aliphatic rings. The molecular weight excluding hydrogens is 182 g/mol. The summed E-state index contributed by atoms with van der Waals surface area (Å²) in [5.74, 6) is 1.00. The molecule has 1 aliphatic carbocycles. The Kier molecular flexibility index (Phi) is 2.34. The van der Waals surface area contributed by atoms with Gasteiger partial charge in [-0.2, -0.15) is 4.98 Å². The third-order valence-corrected chi connectivity index (χ3v) is 2.26. The van der Waals surface area contributed by atoms with Crippen LogP contribution in [0.1, 0.15) is 25.1 Å². The molecule has 0 spiro atoms. The second kappa shape index (κ2) is 3.65. The fourth-order valence-corrected chi connectivity index (χ4v) is 1.27. The number of nitrogens with one attached hydrogen (secondary N) is 3. The normalized spacial score (nSPS) is 16.1. The molecule has 0 aromatic carbocycles. The molecule has 1 saturated carbocycles. The van der Waals surface area contributed by atoms with E-state index in [4.69, 9.17) is 0 Å². The third-order valence-electron chi connectivity index (χ3n) is 2.26. The zero-order valence-corrected chi connectivity index (χ0v) is 8.00. The summed E-state index contributed by atoms with van der Waals surface area (Å²) in [6.07, 6.45) is 3.34. The topological polar surface area (TPSA) is 82.7 Å². The Balaban J connectivity index is 1.81. The van der Waals surface area contributed by atoms with Crippen molar-refractivity contribution in [3.05, 3.63) is 5.82 Å². The average Bonchev–Trinajstić information content (AvgIpc) is 2.44. The molecule has 14 heavy (non-hydrogen) atoms. The molecule has 2 rings (SSSR count). The van der Waals surface area contributed by atoms with Gasteiger partial charge in [-0.05, 0) is 26.2 Å². The fourth-order valence-electron chi connectivity index (χ4n) is 1.27. The van der Waals surface area contributed by atoms with E-state index in [0.717, 1.165) is 12.8 Å². The van der Waals surface area contributed by atoms with E-state index in [1.165, 1.54) is 6.42 Å². The van der Waals surface area contributed by atoms with Crippen LogP contribution in [0.5, 0.6) is 0 Å². The first-order valence-electron chi connectivity index (χ1n) is 4.70. The van der Waals surface area contributed by atoms with Gasteiger partial charge in [0.05, 0.1) is 0 Å². The number of hydrogen-bond acceptors (Lipinski definition) is 3. The second-order valence-electron chi connectivity index (χ2n) is 3.47. The highest BCUT2D eigenvalue weighted by molar-refractivity contribution is 5.87. The number of aromatic nitrogens is 3. The maximum atomic E-state index is 11.3. The predicted molar refractivity (Wildman–Crippen MR) is 50.9 cm³/mol. The number of nitrogens with zero attached hydrogens (tertiary/aromatic N) is 2. The quantitative estimate of drug-likeness (QED) is 0.652. The lowest BCUT2D eigenvalue weighted by Crippen LogP contribution is -2.42. The Labute approximate surface area is 81.5 Å². The van der Waals surface area contributed by atoms with Gasteiger partial charge in [-0.25, -0.2) is 4.79 Å². The number of amides is 2. The number of hydrogen-bond donors (Lipinski definition) is 3. The smallest absolute Gasteiger partial charge is 0.321 e. The number of aryl methyl sites for hydroxylation is 1. The van der Waals surface area contributed by atoms with E-state index < -0.39 is 0 Å². The van der Waals surface area contributed by atoms with E-state index in [9.17, 15) is 4.79 Å². The molecule has 0 saturated heterocycles. The van der Waals surface area contributed by atoms with E-state index in [1.54, 1.807) is 6.92 Å². The Hall–Kier alpha value is -1.59. The van der Waals surface area contributed by atoms with Crippen LogP contribution in [0.15, 0.2) is 0 Å². The maximum absolute atomic E-state index is 11.3. The summed E-state index contributed by atoms with van der Waals surface area (Å²) in [6, 6.07) is 0.101. The minimum absolute atomic E-state index is 0.228. The highest BCUT2D eigenvalue weighted by atomic mass is 16.2. The molecule has 0 atom stereocenters. The van der Waals surface area contributed by atoms with Gasteiger partial charge in [-0.3, -0.25) is 10.4 Å². The molecule has 1 heterocycles. The number of rotatable bonds is 2. The molecule has 0 bridgehead atoms. The minimum Gasteiger partial charge on any atom is -0.335 e. The summed E-state index contributed by atoms with van der Waals surface area (Å²) >= 11 is 0. The van der Waals surface area contributed by atoms with Crippen LogP contribution in [0.25, 0.3) is 0 Å². The van der Waals surface area contributed by atoms with Crippen LogP contribution in [-0.2, 0) is 0 Å². The first-order chi connectivity index (χ1) is 6.74. The lowest BCUT2D eigenvalue weighted by atomic mass is 9.93. The molecule has 1 aromatic rings. The third kappa shape index (κ3) is 2.01. The Morgan fingerprint density at radius 1 is 1.57 bits per heavy atom. The van der Waals surface area contributed by atoms with E-state index >= 15 is 0 Å². The summed E-state index contributed by atoms with van der Waals surface area (Å²) in [6.45, 7) is 1.78. The summed E-state index contributed by atoms with van der Waals surface area (Å²) in [5.41, 5.74) is 0. The molecule has 0 unspecified atom stereocenters. The minimum atomic E-state index is -0.228. The lowest BCUT2D eigenvalue weighted by Gasteiger charge is -2.25. The monoisotopic (exact) mass is 195 g/mol. The van der Waals surface area contributed by atoms with Gasteiger partial charge in [-0.15, -0.1) is 5.10 Å². The molecule has 0 radical (unpaired) electrons. The van der Waals surface area contributed by atoms with Crippen molar-refractivity contribution in [3.8, 4) is 0 Å². The van der Waals surface area contributed by atoms with Crippen molar-refractivity contribution < 1.29 is 4.79 Å². The van der Waals surface area contributed by atoms with Crippen molar-refractivity contribution in [2.75, 3.05) is 5.32 Å². The molecule has 1 fully saturated rings. The Morgan fingerprint density at radius 3 is 2.86 bits per heavy atom. The van der Waals surface area contributed by atoms with E-state index in [-0.39, 0.29) is 6.03 Å². The summed E-state index contributed by atoms with van der Waals surface area (Å²) < 4.78 is 0. The standard InChI is InChI=1S/C8H13N5O/c1-5-9-7(13-12-5)11-8(14)10-6-3-2-4-6/h6H,2-4H2,1H3,(H3,9,10,11,12,13,14). The van der Waals surface area contributed by atoms with Gasteiger partial charge in [-0.1, -0.05) is 0 Å². The van der Waals surface area contributed by atoms with Crippen molar-refractivity contribution in [2.24, 2.45) is 0 Å².